The molecule has 0 bridgehead atoms. The van der Waals surface area contributed by atoms with E-state index in [1.54, 1.807) is 6.92 Å². The molecule has 0 aromatic rings. The summed E-state index contributed by atoms with van der Waals surface area (Å²) in [6, 6.07) is 0. The van der Waals surface area contributed by atoms with Gasteiger partial charge in [0.25, 0.3) is 0 Å². The van der Waals surface area contributed by atoms with E-state index in [9.17, 15) is 8.42 Å². The van der Waals surface area contributed by atoms with Crippen molar-refractivity contribution < 1.29 is 8.42 Å². The van der Waals surface area contributed by atoms with E-state index in [1.165, 1.54) is 25.7 Å². The van der Waals surface area contributed by atoms with Crippen molar-refractivity contribution in [1.29, 1.82) is 0 Å². The second kappa shape index (κ2) is 7.60. The highest BCUT2D eigenvalue weighted by molar-refractivity contribution is 7.91. The number of hydrogen-bond donors (Lipinski definition) is 1. The summed E-state index contributed by atoms with van der Waals surface area (Å²) in [5, 5.41) is 0. The lowest BCUT2D eigenvalue weighted by Gasteiger charge is -2.43. The van der Waals surface area contributed by atoms with Gasteiger partial charge in [-0.3, -0.25) is 4.90 Å². The average Bonchev–Trinajstić information content (AvgIpc) is 2.66. The molecule has 0 radical (unpaired) electrons. The Kier molecular flexibility index (Phi) is 6.77. The third-order valence-electron chi connectivity index (χ3n) is 4.58. The summed E-state index contributed by atoms with van der Waals surface area (Å²) >= 11 is 0. The van der Waals surface area contributed by atoms with Gasteiger partial charge in [0.2, 0.25) is 0 Å². The molecule has 0 aromatic carbocycles. The van der Waals surface area contributed by atoms with Crippen LogP contribution in [0.1, 0.15) is 52.4 Å². The van der Waals surface area contributed by atoms with Crippen LogP contribution >= 0.6 is 0 Å². The monoisotopic (exact) mass is 290 g/mol. The van der Waals surface area contributed by atoms with E-state index >= 15 is 0 Å². The minimum absolute atomic E-state index is 0.0362. The number of nitrogens with zero attached hydrogens (tertiary/aromatic N) is 1. The molecule has 1 aliphatic carbocycles. The highest BCUT2D eigenvalue weighted by atomic mass is 32.2. The molecule has 0 atom stereocenters. The molecule has 114 valence electrons. The maximum atomic E-state index is 11.7. The first-order valence-electron chi connectivity index (χ1n) is 7.65. The normalized spacial score (nSPS) is 20.4. The van der Waals surface area contributed by atoms with Crippen LogP contribution < -0.4 is 5.73 Å². The topological polar surface area (TPSA) is 63.4 Å². The third kappa shape index (κ3) is 4.72. The molecule has 0 unspecified atom stereocenters. The van der Waals surface area contributed by atoms with Gasteiger partial charge in [0.05, 0.1) is 5.75 Å². The lowest BCUT2D eigenvalue weighted by Crippen LogP contribution is -2.54. The lowest BCUT2D eigenvalue weighted by atomic mass is 9.88. The molecule has 0 spiro atoms. The fourth-order valence-electron chi connectivity index (χ4n) is 3.16. The van der Waals surface area contributed by atoms with E-state index in [-0.39, 0.29) is 17.0 Å². The summed E-state index contributed by atoms with van der Waals surface area (Å²) in [6.07, 6.45) is 7.23. The Bertz CT molecular complexity index is 346. The maximum absolute atomic E-state index is 11.7. The van der Waals surface area contributed by atoms with E-state index < -0.39 is 9.84 Å². The predicted octanol–water partition coefficient (Wildman–Crippen LogP) is 1.79. The van der Waals surface area contributed by atoms with Crippen LogP contribution in [0.5, 0.6) is 0 Å². The van der Waals surface area contributed by atoms with Crippen LogP contribution in [-0.2, 0) is 9.84 Å². The predicted molar refractivity (Wildman–Crippen MR) is 81.1 cm³/mol. The van der Waals surface area contributed by atoms with E-state index in [4.69, 9.17) is 5.73 Å². The third-order valence-corrected chi connectivity index (χ3v) is 6.26. The second-order valence-electron chi connectivity index (χ2n) is 5.66. The lowest BCUT2D eigenvalue weighted by molar-refractivity contribution is 0.0904. The van der Waals surface area contributed by atoms with Crippen LogP contribution in [0, 0.1) is 0 Å². The van der Waals surface area contributed by atoms with Crippen molar-refractivity contribution in [2.45, 2.75) is 57.9 Å². The van der Waals surface area contributed by atoms with Gasteiger partial charge >= 0.3 is 0 Å². The first-order chi connectivity index (χ1) is 8.99. The van der Waals surface area contributed by atoms with Gasteiger partial charge in [-0.1, -0.05) is 39.5 Å². The largest absolute Gasteiger partial charge is 0.329 e. The van der Waals surface area contributed by atoms with Crippen LogP contribution in [0.4, 0.5) is 0 Å². The molecule has 5 heteroatoms. The van der Waals surface area contributed by atoms with Gasteiger partial charge in [-0.2, -0.15) is 0 Å². The number of hydrogen-bond acceptors (Lipinski definition) is 4. The molecule has 0 amide bonds. The summed E-state index contributed by atoms with van der Waals surface area (Å²) in [6.45, 7) is 5.99. The molecule has 19 heavy (non-hydrogen) atoms. The van der Waals surface area contributed by atoms with Gasteiger partial charge in [0.1, 0.15) is 0 Å². The molecule has 0 heterocycles. The van der Waals surface area contributed by atoms with E-state index in [0.29, 0.717) is 13.1 Å². The maximum Gasteiger partial charge on any atom is 0.151 e. The van der Waals surface area contributed by atoms with Crippen molar-refractivity contribution in [3.05, 3.63) is 0 Å². The van der Waals surface area contributed by atoms with Crippen molar-refractivity contribution in [3.63, 3.8) is 0 Å². The van der Waals surface area contributed by atoms with Gasteiger partial charge in [-0.25, -0.2) is 8.42 Å². The van der Waals surface area contributed by atoms with E-state index in [0.717, 1.165) is 19.4 Å². The molecule has 0 aromatic heterocycles. The first-order valence-corrected chi connectivity index (χ1v) is 9.47. The van der Waals surface area contributed by atoms with Crippen LogP contribution in [0.2, 0.25) is 0 Å². The Morgan fingerprint density at radius 2 is 1.68 bits per heavy atom. The van der Waals surface area contributed by atoms with Crippen LogP contribution in [-0.4, -0.2) is 50.0 Å². The van der Waals surface area contributed by atoms with Crippen LogP contribution in [0.25, 0.3) is 0 Å². The van der Waals surface area contributed by atoms with Gasteiger partial charge in [0.15, 0.2) is 9.84 Å². The van der Waals surface area contributed by atoms with Gasteiger partial charge in [-0.15, -0.1) is 0 Å². The van der Waals surface area contributed by atoms with Gasteiger partial charge in [-0.05, 0) is 19.4 Å². The number of nitrogens with two attached hydrogens (primary N) is 1. The Morgan fingerprint density at radius 3 is 2.11 bits per heavy atom. The standard InChI is InChI=1S/C14H30N2O2S/c1-3-16(11-12-19(17,18)4-2)14(13-15)9-7-5-6-8-10-14/h3-13,15H2,1-2H3. The van der Waals surface area contributed by atoms with E-state index in [1.807, 2.05) is 0 Å². The Balaban J connectivity index is 2.74. The number of rotatable bonds is 7. The summed E-state index contributed by atoms with van der Waals surface area (Å²) in [7, 11) is -2.89. The van der Waals surface area contributed by atoms with E-state index in [2.05, 4.69) is 11.8 Å². The minimum atomic E-state index is -2.89. The molecule has 0 aliphatic heterocycles. The zero-order valence-corrected chi connectivity index (χ0v) is 13.3. The van der Waals surface area contributed by atoms with Gasteiger partial charge < -0.3 is 5.73 Å². The minimum Gasteiger partial charge on any atom is -0.329 e. The molecule has 1 rings (SSSR count). The molecular weight excluding hydrogens is 260 g/mol. The number of likely N-dealkylation sites (N-methyl/N-ethyl adjacent to an activating group) is 1. The zero-order valence-electron chi connectivity index (χ0n) is 12.5. The summed E-state index contributed by atoms with van der Waals surface area (Å²) in [5.41, 5.74) is 6.10. The highest BCUT2D eigenvalue weighted by Gasteiger charge is 2.35. The van der Waals surface area contributed by atoms with Crippen molar-refractivity contribution in [1.82, 2.24) is 4.90 Å². The Hall–Kier alpha value is -0.130. The SMILES string of the molecule is CCN(CCS(=O)(=O)CC)C1(CN)CCCCCC1. The van der Waals surface area contributed by atoms with Gasteiger partial charge in [0, 0.05) is 24.4 Å². The van der Waals surface area contributed by atoms with Crippen LogP contribution in [0.3, 0.4) is 0 Å². The summed E-state index contributed by atoms with van der Waals surface area (Å²) in [5.74, 6) is 0.499. The second-order valence-corrected chi connectivity index (χ2v) is 8.13. The fourth-order valence-corrected chi connectivity index (χ4v) is 3.95. The molecule has 0 saturated heterocycles. The highest BCUT2D eigenvalue weighted by Crippen LogP contribution is 2.31. The molecule has 1 fully saturated rings. The van der Waals surface area contributed by atoms with Crippen molar-refractivity contribution in [2.24, 2.45) is 5.73 Å². The quantitative estimate of drug-likeness (QED) is 0.726. The summed E-state index contributed by atoms with van der Waals surface area (Å²) < 4.78 is 23.4. The Morgan fingerprint density at radius 1 is 1.11 bits per heavy atom. The molecule has 1 saturated carbocycles. The molecular formula is C14H30N2O2S. The van der Waals surface area contributed by atoms with Crippen LogP contribution in [0.15, 0.2) is 0 Å². The smallest absolute Gasteiger partial charge is 0.151 e. The van der Waals surface area contributed by atoms with Crippen molar-refractivity contribution in [2.75, 3.05) is 31.1 Å². The number of sulfone groups is 1. The first kappa shape index (κ1) is 16.9. The molecule has 2 N–H and O–H groups in total. The fraction of sp³-hybridized carbons (Fsp3) is 1.00. The molecule has 1 aliphatic rings. The average molecular weight is 290 g/mol. The molecule has 4 nitrogen and oxygen atoms in total. The Labute approximate surface area is 118 Å². The zero-order chi connectivity index (χ0) is 14.4. The summed E-state index contributed by atoms with van der Waals surface area (Å²) in [4.78, 5) is 2.32. The van der Waals surface area contributed by atoms with Crippen molar-refractivity contribution >= 4 is 9.84 Å². The van der Waals surface area contributed by atoms with Crippen molar-refractivity contribution in [3.8, 4) is 0 Å².